The predicted octanol–water partition coefficient (Wildman–Crippen LogP) is 3.34. The zero-order valence-electron chi connectivity index (χ0n) is 11.9. The van der Waals surface area contributed by atoms with Gasteiger partial charge in [-0.25, -0.2) is 4.39 Å². The molecule has 0 spiro atoms. The van der Waals surface area contributed by atoms with E-state index >= 15 is 0 Å². The summed E-state index contributed by atoms with van der Waals surface area (Å²) in [6.07, 6.45) is 0.815. The molecule has 106 valence electrons. The third kappa shape index (κ3) is 4.07. The van der Waals surface area contributed by atoms with Crippen LogP contribution < -0.4 is 10.1 Å². The van der Waals surface area contributed by atoms with Gasteiger partial charge in [-0.2, -0.15) is 0 Å². The minimum atomic E-state index is -0.187. The van der Waals surface area contributed by atoms with E-state index in [1.807, 2.05) is 50.4 Å². The van der Waals surface area contributed by atoms with Crippen molar-refractivity contribution < 1.29 is 9.13 Å². The molecule has 20 heavy (non-hydrogen) atoms. The van der Waals surface area contributed by atoms with Crippen LogP contribution in [-0.2, 0) is 6.42 Å². The van der Waals surface area contributed by atoms with Crippen LogP contribution in [0.3, 0.4) is 0 Å². The molecule has 0 fully saturated rings. The molecule has 0 saturated heterocycles. The van der Waals surface area contributed by atoms with Crippen molar-refractivity contribution in [2.75, 3.05) is 13.7 Å². The van der Waals surface area contributed by atoms with Crippen LogP contribution in [0.5, 0.6) is 5.75 Å². The third-order valence-corrected chi connectivity index (χ3v) is 3.37. The van der Waals surface area contributed by atoms with Gasteiger partial charge in [0, 0.05) is 6.04 Å². The summed E-state index contributed by atoms with van der Waals surface area (Å²) in [5, 5.41) is 3.24. The van der Waals surface area contributed by atoms with Gasteiger partial charge < -0.3 is 10.1 Å². The monoisotopic (exact) mass is 273 g/mol. The first-order valence-corrected chi connectivity index (χ1v) is 6.79. The Bertz CT molecular complexity index is 542. The zero-order chi connectivity index (χ0) is 14.4. The molecule has 1 unspecified atom stereocenters. The Balaban J connectivity index is 1.95. The summed E-state index contributed by atoms with van der Waals surface area (Å²) in [6, 6.07) is 14.9. The summed E-state index contributed by atoms with van der Waals surface area (Å²) in [5.74, 6) is 0.677. The fourth-order valence-electron chi connectivity index (χ4n) is 2.11. The van der Waals surface area contributed by atoms with E-state index in [1.165, 1.54) is 6.07 Å². The molecule has 2 aromatic rings. The van der Waals surface area contributed by atoms with Gasteiger partial charge in [-0.15, -0.1) is 0 Å². The average Bonchev–Trinajstić information content (AvgIpc) is 2.46. The van der Waals surface area contributed by atoms with Crippen molar-refractivity contribution in [2.45, 2.75) is 19.4 Å². The van der Waals surface area contributed by atoms with Gasteiger partial charge in [0.25, 0.3) is 0 Å². The van der Waals surface area contributed by atoms with Crippen LogP contribution in [0.4, 0.5) is 4.39 Å². The lowest BCUT2D eigenvalue weighted by molar-refractivity contribution is 0.269. The first-order chi connectivity index (χ1) is 9.69. The van der Waals surface area contributed by atoms with Crippen molar-refractivity contribution in [2.24, 2.45) is 0 Å². The molecule has 1 atom stereocenters. The molecule has 0 radical (unpaired) electrons. The van der Waals surface area contributed by atoms with E-state index in [4.69, 9.17) is 4.74 Å². The lowest BCUT2D eigenvalue weighted by Crippen LogP contribution is -2.34. The molecule has 0 aliphatic rings. The van der Waals surface area contributed by atoms with Crippen LogP contribution in [0.15, 0.2) is 48.5 Å². The van der Waals surface area contributed by atoms with Gasteiger partial charge >= 0.3 is 0 Å². The number of nitrogens with one attached hydrogen (secondary N) is 1. The summed E-state index contributed by atoms with van der Waals surface area (Å²) in [7, 11) is 1.91. The number of hydrogen-bond acceptors (Lipinski definition) is 2. The highest BCUT2D eigenvalue weighted by atomic mass is 19.1. The number of likely N-dealkylation sites (N-methyl/N-ethyl adjacent to an activating group) is 1. The summed E-state index contributed by atoms with van der Waals surface area (Å²) in [4.78, 5) is 0. The summed E-state index contributed by atoms with van der Waals surface area (Å²) < 4.78 is 18.9. The van der Waals surface area contributed by atoms with E-state index in [0.29, 0.717) is 6.61 Å². The molecule has 0 aliphatic heterocycles. The highest BCUT2D eigenvalue weighted by Gasteiger charge is 2.10. The molecule has 0 saturated carbocycles. The van der Waals surface area contributed by atoms with Crippen molar-refractivity contribution in [3.05, 3.63) is 65.5 Å². The molecule has 0 aliphatic carbocycles. The first kappa shape index (κ1) is 14.5. The van der Waals surface area contributed by atoms with Crippen LogP contribution >= 0.6 is 0 Å². The molecule has 3 heteroatoms. The number of aryl methyl sites for hydroxylation is 1. The number of para-hydroxylation sites is 1. The molecule has 2 rings (SSSR count). The van der Waals surface area contributed by atoms with E-state index in [-0.39, 0.29) is 11.9 Å². The van der Waals surface area contributed by atoms with Crippen LogP contribution in [0.1, 0.15) is 11.1 Å². The lowest BCUT2D eigenvalue weighted by atomic mass is 10.0. The molecule has 0 bridgehead atoms. The number of halogens is 1. The fourth-order valence-corrected chi connectivity index (χ4v) is 2.11. The normalized spacial score (nSPS) is 12.2. The maximum absolute atomic E-state index is 13.1. The molecule has 2 aromatic carbocycles. The maximum Gasteiger partial charge on any atom is 0.123 e. The summed E-state index contributed by atoms with van der Waals surface area (Å²) in [5.41, 5.74) is 2.12. The minimum absolute atomic E-state index is 0.187. The second kappa shape index (κ2) is 7.06. The number of ether oxygens (including phenoxy) is 1. The van der Waals surface area contributed by atoms with Crippen molar-refractivity contribution in [1.82, 2.24) is 5.32 Å². The van der Waals surface area contributed by atoms with Crippen molar-refractivity contribution in [3.63, 3.8) is 0 Å². The quantitative estimate of drug-likeness (QED) is 0.871. The third-order valence-electron chi connectivity index (χ3n) is 3.37. The lowest BCUT2D eigenvalue weighted by Gasteiger charge is -2.18. The second-order valence-electron chi connectivity index (χ2n) is 4.88. The highest BCUT2D eigenvalue weighted by Crippen LogP contribution is 2.14. The van der Waals surface area contributed by atoms with Gasteiger partial charge in [0.05, 0.1) is 0 Å². The van der Waals surface area contributed by atoms with E-state index in [2.05, 4.69) is 5.32 Å². The molecule has 2 nitrogen and oxygen atoms in total. The summed E-state index contributed by atoms with van der Waals surface area (Å²) >= 11 is 0. The van der Waals surface area contributed by atoms with Crippen LogP contribution in [0, 0.1) is 12.7 Å². The van der Waals surface area contributed by atoms with Gasteiger partial charge in [-0.3, -0.25) is 0 Å². The largest absolute Gasteiger partial charge is 0.492 e. The Hall–Kier alpha value is -1.87. The molecule has 0 heterocycles. The highest BCUT2D eigenvalue weighted by molar-refractivity contribution is 5.27. The van der Waals surface area contributed by atoms with E-state index in [9.17, 15) is 4.39 Å². The Morgan fingerprint density at radius 3 is 2.55 bits per heavy atom. The van der Waals surface area contributed by atoms with E-state index < -0.39 is 0 Å². The number of hydrogen-bond donors (Lipinski definition) is 1. The average molecular weight is 273 g/mol. The van der Waals surface area contributed by atoms with E-state index in [0.717, 1.165) is 23.3 Å². The smallest absolute Gasteiger partial charge is 0.123 e. The van der Waals surface area contributed by atoms with Crippen LogP contribution in [-0.4, -0.2) is 19.7 Å². The SMILES string of the molecule is CNC(COc1ccccc1)Cc1ccc(F)cc1C. The number of benzene rings is 2. The van der Waals surface area contributed by atoms with E-state index in [1.54, 1.807) is 6.07 Å². The van der Waals surface area contributed by atoms with Gasteiger partial charge in [0.15, 0.2) is 0 Å². The Morgan fingerprint density at radius 2 is 1.90 bits per heavy atom. The zero-order valence-corrected chi connectivity index (χ0v) is 11.9. The van der Waals surface area contributed by atoms with Crippen LogP contribution in [0.2, 0.25) is 0 Å². The first-order valence-electron chi connectivity index (χ1n) is 6.79. The van der Waals surface area contributed by atoms with Gasteiger partial charge in [0.1, 0.15) is 18.2 Å². The fraction of sp³-hybridized carbons (Fsp3) is 0.294. The standard InChI is InChI=1S/C17H20FNO/c1-13-10-15(18)9-8-14(13)11-16(19-2)12-20-17-6-4-3-5-7-17/h3-10,16,19H,11-12H2,1-2H3. The predicted molar refractivity (Wildman–Crippen MR) is 79.6 cm³/mol. The Labute approximate surface area is 119 Å². The topological polar surface area (TPSA) is 21.3 Å². The van der Waals surface area contributed by atoms with Gasteiger partial charge in [-0.1, -0.05) is 24.3 Å². The van der Waals surface area contributed by atoms with Gasteiger partial charge in [0.2, 0.25) is 0 Å². The Morgan fingerprint density at radius 1 is 1.15 bits per heavy atom. The molecular weight excluding hydrogens is 253 g/mol. The van der Waals surface area contributed by atoms with Crippen molar-refractivity contribution in [3.8, 4) is 5.75 Å². The maximum atomic E-state index is 13.1. The molecule has 0 amide bonds. The van der Waals surface area contributed by atoms with Crippen LogP contribution in [0.25, 0.3) is 0 Å². The number of rotatable bonds is 6. The van der Waals surface area contributed by atoms with Crippen molar-refractivity contribution in [1.29, 1.82) is 0 Å². The molecule has 1 N–H and O–H groups in total. The minimum Gasteiger partial charge on any atom is -0.492 e. The van der Waals surface area contributed by atoms with Crippen molar-refractivity contribution >= 4 is 0 Å². The molecule has 0 aromatic heterocycles. The molecular formula is C17H20FNO. The Kier molecular flexibility index (Phi) is 5.13. The van der Waals surface area contributed by atoms with Gasteiger partial charge in [-0.05, 0) is 55.8 Å². The second-order valence-corrected chi connectivity index (χ2v) is 4.88. The summed E-state index contributed by atoms with van der Waals surface area (Å²) in [6.45, 7) is 2.51.